The number of rotatable bonds is 5. The second kappa shape index (κ2) is 9.05. The molecule has 168 valence electrons. The quantitative estimate of drug-likeness (QED) is 0.561. The minimum absolute atomic E-state index is 0.0806. The van der Waals surface area contributed by atoms with Crippen molar-refractivity contribution in [3.05, 3.63) is 52.2 Å². The Bertz CT molecular complexity index is 1210. The summed E-state index contributed by atoms with van der Waals surface area (Å²) in [6.45, 7) is 0.714. The third-order valence-corrected chi connectivity index (χ3v) is 9.84. The Kier molecular flexibility index (Phi) is 6.16. The van der Waals surface area contributed by atoms with Gasteiger partial charge in [0.25, 0.3) is 0 Å². The van der Waals surface area contributed by atoms with Gasteiger partial charge in [0, 0.05) is 24.4 Å². The number of hydrogen-bond acceptors (Lipinski definition) is 6. The van der Waals surface area contributed by atoms with E-state index in [1.165, 1.54) is 27.6 Å². The first kappa shape index (κ1) is 21.8. The SMILES string of the molecule is O=C(Nc1nc(-c2cccs2)cs1)C1CCN(S(=O)(=O)c2ccc3c(c2)CCCC3)CC1. The van der Waals surface area contributed by atoms with E-state index in [9.17, 15) is 13.2 Å². The van der Waals surface area contributed by atoms with Crippen LogP contribution in [0.2, 0.25) is 0 Å². The predicted octanol–water partition coefficient (Wildman–Crippen LogP) is 4.79. The number of aryl methyl sites for hydroxylation is 2. The zero-order valence-electron chi connectivity index (χ0n) is 17.6. The zero-order valence-corrected chi connectivity index (χ0v) is 20.1. The van der Waals surface area contributed by atoms with Gasteiger partial charge in [-0.15, -0.1) is 22.7 Å². The number of piperidine rings is 1. The molecule has 3 aromatic rings. The van der Waals surface area contributed by atoms with Crippen molar-refractivity contribution in [1.29, 1.82) is 0 Å². The fourth-order valence-corrected chi connectivity index (χ4v) is 7.45. The van der Waals surface area contributed by atoms with Crippen LogP contribution in [0.4, 0.5) is 5.13 Å². The molecule has 1 fully saturated rings. The zero-order chi connectivity index (χ0) is 22.1. The van der Waals surface area contributed by atoms with Gasteiger partial charge < -0.3 is 5.32 Å². The molecule has 1 N–H and O–H groups in total. The minimum Gasteiger partial charge on any atom is -0.302 e. The standard InChI is InChI=1S/C23H25N3O3S3/c27-22(25-23-24-20(15-31-23)21-6-3-13-30-21)17-9-11-26(12-10-17)32(28,29)19-8-7-16-4-1-2-5-18(16)14-19/h3,6-8,13-15,17H,1-2,4-5,9-12H2,(H,24,25,27). The Morgan fingerprint density at radius 1 is 1.06 bits per heavy atom. The molecule has 3 heterocycles. The van der Waals surface area contributed by atoms with E-state index < -0.39 is 10.0 Å². The third kappa shape index (κ3) is 4.39. The molecule has 2 aliphatic rings. The Hall–Kier alpha value is -2.07. The summed E-state index contributed by atoms with van der Waals surface area (Å²) in [6, 6.07) is 9.55. The van der Waals surface area contributed by atoms with Crippen LogP contribution in [0.3, 0.4) is 0 Å². The number of aromatic nitrogens is 1. The lowest BCUT2D eigenvalue weighted by Crippen LogP contribution is -2.41. The van der Waals surface area contributed by atoms with Crippen LogP contribution in [0.15, 0.2) is 46.0 Å². The summed E-state index contributed by atoms with van der Waals surface area (Å²) >= 11 is 3.02. The van der Waals surface area contributed by atoms with Gasteiger partial charge in [0.1, 0.15) is 0 Å². The molecule has 5 rings (SSSR count). The Labute approximate surface area is 196 Å². The molecular weight excluding hydrogens is 462 g/mol. The Balaban J connectivity index is 1.20. The Morgan fingerprint density at radius 3 is 2.59 bits per heavy atom. The van der Waals surface area contributed by atoms with Crippen LogP contribution in [0.5, 0.6) is 0 Å². The van der Waals surface area contributed by atoms with Crippen molar-refractivity contribution >= 4 is 43.7 Å². The molecule has 32 heavy (non-hydrogen) atoms. The summed E-state index contributed by atoms with van der Waals surface area (Å²) in [5, 5.41) is 7.44. The second-order valence-corrected chi connectivity index (χ2v) is 12.1. The number of sulfonamides is 1. The number of nitrogens with one attached hydrogen (secondary N) is 1. The van der Waals surface area contributed by atoms with Crippen molar-refractivity contribution in [2.75, 3.05) is 18.4 Å². The highest BCUT2D eigenvalue weighted by Crippen LogP contribution is 2.31. The number of amides is 1. The summed E-state index contributed by atoms with van der Waals surface area (Å²) < 4.78 is 27.9. The molecule has 1 aliphatic heterocycles. The van der Waals surface area contributed by atoms with Crippen LogP contribution in [-0.2, 0) is 27.7 Å². The highest BCUT2D eigenvalue weighted by Gasteiger charge is 2.32. The lowest BCUT2D eigenvalue weighted by atomic mass is 9.92. The number of benzene rings is 1. The number of carbonyl (C=O) groups excluding carboxylic acids is 1. The van der Waals surface area contributed by atoms with Crippen molar-refractivity contribution in [2.24, 2.45) is 5.92 Å². The summed E-state index contributed by atoms with van der Waals surface area (Å²) in [4.78, 5) is 18.7. The Morgan fingerprint density at radius 2 is 1.84 bits per heavy atom. The molecule has 1 saturated heterocycles. The maximum atomic E-state index is 13.2. The molecule has 1 aliphatic carbocycles. The maximum absolute atomic E-state index is 13.2. The van der Waals surface area contributed by atoms with E-state index in [-0.39, 0.29) is 11.8 Å². The van der Waals surface area contributed by atoms with Crippen molar-refractivity contribution < 1.29 is 13.2 Å². The topological polar surface area (TPSA) is 79.4 Å². The molecule has 0 atom stereocenters. The molecule has 0 saturated carbocycles. The van der Waals surface area contributed by atoms with E-state index in [2.05, 4.69) is 10.3 Å². The van der Waals surface area contributed by atoms with Crippen LogP contribution < -0.4 is 5.32 Å². The molecule has 1 aromatic carbocycles. The number of hydrogen-bond donors (Lipinski definition) is 1. The molecule has 2 aromatic heterocycles. The predicted molar refractivity (Wildman–Crippen MR) is 129 cm³/mol. The van der Waals surface area contributed by atoms with E-state index in [0.717, 1.165) is 35.4 Å². The van der Waals surface area contributed by atoms with Crippen molar-refractivity contribution in [2.45, 2.75) is 43.4 Å². The minimum atomic E-state index is -3.53. The molecule has 0 spiro atoms. The molecule has 6 nitrogen and oxygen atoms in total. The summed E-state index contributed by atoms with van der Waals surface area (Å²) in [5.74, 6) is -0.290. The number of thiophene rings is 1. The molecular formula is C23H25N3O3S3. The van der Waals surface area contributed by atoms with Gasteiger partial charge in [-0.3, -0.25) is 4.79 Å². The monoisotopic (exact) mass is 487 g/mol. The number of thiazole rings is 1. The van der Waals surface area contributed by atoms with Crippen molar-refractivity contribution in [3.63, 3.8) is 0 Å². The molecule has 9 heteroatoms. The van der Waals surface area contributed by atoms with Gasteiger partial charge in [0.15, 0.2) is 5.13 Å². The van der Waals surface area contributed by atoms with E-state index in [4.69, 9.17) is 0 Å². The summed E-state index contributed by atoms with van der Waals surface area (Å²) in [6.07, 6.45) is 5.30. The molecule has 0 radical (unpaired) electrons. The normalized spacial score (nSPS) is 17.8. The first-order valence-electron chi connectivity index (χ1n) is 10.9. The third-order valence-electron chi connectivity index (χ3n) is 6.29. The van der Waals surface area contributed by atoms with Crippen LogP contribution in [0.25, 0.3) is 10.6 Å². The number of carbonyl (C=O) groups is 1. The van der Waals surface area contributed by atoms with Crippen LogP contribution in [0.1, 0.15) is 36.8 Å². The van der Waals surface area contributed by atoms with Crippen LogP contribution >= 0.6 is 22.7 Å². The van der Waals surface area contributed by atoms with Gasteiger partial charge in [-0.2, -0.15) is 4.31 Å². The highest BCUT2D eigenvalue weighted by molar-refractivity contribution is 7.89. The van der Waals surface area contributed by atoms with E-state index in [1.54, 1.807) is 17.4 Å². The number of fused-ring (bicyclic) bond motifs is 1. The van der Waals surface area contributed by atoms with Gasteiger partial charge in [0.2, 0.25) is 15.9 Å². The molecule has 0 bridgehead atoms. The smallest absolute Gasteiger partial charge is 0.243 e. The van der Waals surface area contributed by atoms with E-state index in [0.29, 0.717) is 36.0 Å². The summed E-state index contributed by atoms with van der Waals surface area (Å²) in [7, 11) is -3.53. The van der Waals surface area contributed by atoms with Crippen LogP contribution in [0, 0.1) is 5.92 Å². The second-order valence-electron chi connectivity index (χ2n) is 8.32. The van der Waals surface area contributed by atoms with Gasteiger partial charge in [0.05, 0.1) is 15.5 Å². The lowest BCUT2D eigenvalue weighted by molar-refractivity contribution is -0.120. The van der Waals surface area contributed by atoms with E-state index in [1.807, 2.05) is 35.0 Å². The van der Waals surface area contributed by atoms with E-state index >= 15 is 0 Å². The van der Waals surface area contributed by atoms with Crippen molar-refractivity contribution in [1.82, 2.24) is 9.29 Å². The van der Waals surface area contributed by atoms with Gasteiger partial charge in [-0.25, -0.2) is 13.4 Å². The first-order valence-corrected chi connectivity index (χ1v) is 14.1. The highest BCUT2D eigenvalue weighted by atomic mass is 32.2. The number of nitrogens with zero attached hydrogens (tertiary/aromatic N) is 2. The van der Waals surface area contributed by atoms with Gasteiger partial charge >= 0.3 is 0 Å². The molecule has 0 unspecified atom stereocenters. The van der Waals surface area contributed by atoms with Crippen molar-refractivity contribution in [3.8, 4) is 10.6 Å². The van der Waals surface area contributed by atoms with Crippen LogP contribution in [-0.4, -0.2) is 36.7 Å². The fraction of sp³-hybridized carbons (Fsp3) is 0.391. The number of anilines is 1. The first-order chi connectivity index (χ1) is 15.5. The average Bonchev–Trinajstić information content (AvgIpc) is 3.51. The largest absolute Gasteiger partial charge is 0.302 e. The average molecular weight is 488 g/mol. The summed E-state index contributed by atoms with van der Waals surface area (Å²) in [5.41, 5.74) is 3.30. The maximum Gasteiger partial charge on any atom is 0.243 e. The van der Waals surface area contributed by atoms with Gasteiger partial charge in [-0.05, 0) is 73.2 Å². The molecule has 1 amide bonds. The fourth-order valence-electron chi connectivity index (χ4n) is 4.45. The lowest BCUT2D eigenvalue weighted by Gasteiger charge is -2.30. The van der Waals surface area contributed by atoms with Gasteiger partial charge in [-0.1, -0.05) is 12.1 Å².